The van der Waals surface area contributed by atoms with Gasteiger partial charge in [-0.1, -0.05) is 22.4 Å². The zero-order valence-electron chi connectivity index (χ0n) is 12.8. The van der Waals surface area contributed by atoms with Gasteiger partial charge in [-0.25, -0.2) is 8.42 Å². The van der Waals surface area contributed by atoms with Crippen LogP contribution in [0.5, 0.6) is 0 Å². The second kappa shape index (κ2) is 7.10. The zero-order valence-corrected chi connectivity index (χ0v) is 15.2. The summed E-state index contributed by atoms with van der Waals surface area (Å²) < 4.78 is 27.8. The van der Waals surface area contributed by atoms with E-state index >= 15 is 0 Å². The highest BCUT2D eigenvalue weighted by Gasteiger charge is 2.37. The van der Waals surface area contributed by atoms with Gasteiger partial charge >= 0.3 is 0 Å². The van der Waals surface area contributed by atoms with Crippen molar-refractivity contribution >= 4 is 31.9 Å². The maximum absolute atomic E-state index is 12.8. The number of rotatable bonds is 4. The number of amides is 1. The molecule has 1 aliphatic rings. The number of hydrogen-bond donors (Lipinski definition) is 1. The van der Waals surface area contributed by atoms with E-state index in [0.717, 1.165) is 17.3 Å². The number of benzene rings is 1. The second-order valence-corrected chi connectivity index (χ2v) is 8.55. The van der Waals surface area contributed by atoms with Gasteiger partial charge < -0.3 is 5.32 Å². The van der Waals surface area contributed by atoms with Crippen LogP contribution in [0.25, 0.3) is 0 Å². The Morgan fingerprint density at radius 3 is 2.50 bits per heavy atom. The van der Waals surface area contributed by atoms with E-state index in [1.165, 1.54) is 4.31 Å². The first-order valence-corrected chi connectivity index (χ1v) is 9.63. The van der Waals surface area contributed by atoms with Crippen molar-refractivity contribution in [2.24, 2.45) is 0 Å². The van der Waals surface area contributed by atoms with Crippen LogP contribution in [0.4, 0.5) is 0 Å². The summed E-state index contributed by atoms with van der Waals surface area (Å²) in [6.45, 7) is 4.12. The molecule has 2 rings (SSSR count). The van der Waals surface area contributed by atoms with E-state index in [1.54, 1.807) is 24.3 Å². The van der Waals surface area contributed by atoms with E-state index in [4.69, 9.17) is 0 Å². The molecule has 0 radical (unpaired) electrons. The highest BCUT2D eigenvalue weighted by atomic mass is 79.9. The lowest BCUT2D eigenvalue weighted by atomic mass is 10.0. The SMILES string of the molecule is CC(C)NC(=O)[C@H]1CCCCN1S(=O)(=O)c1ccc(Br)cc1. The van der Waals surface area contributed by atoms with Crippen molar-refractivity contribution < 1.29 is 13.2 Å². The summed E-state index contributed by atoms with van der Waals surface area (Å²) in [5, 5.41) is 2.82. The maximum atomic E-state index is 12.8. The molecule has 1 heterocycles. The third-order valence-electron chi connectivity index (χ3n) is 3.61. The highest BCUT2D eigenvalue weighted by molar-refractivity contribution is 9.10. The van der Waals surface area contributed by atoms with Crippen LogP contribution in [-0.4, -0.2) is 37.3 Å². The topological polar surface area (TPSA) is 66.5 Å². The number of sulfonamides is 1. The van der Waals surface area contributed by atoms with Gasteiger partial charge in [-0.05, 0) is 51.0 Å². The molecule has 0 saturated carbocycles. The van der Waals surface area contributed by atoms with E-state index in [1.807, 2.05) is 13.8 Å². The fourth-order valence-electron chi connectivity index (χ4n) is 2.58. The molecule has 0 bridgehead atoms. The van der Waals surface area contributed by atoms with Crippen LogP contribution in [0.1, 0.15) is 33.1 Å². The fraction of sp³-hybridized carbons (Fsp3) is 0.533. The summed E-state index contributed by atoms with van der Waals surface area (Å²) in [5.41, 5.74) is 0. The molecular formula is C15H21BrN2O3S. The van der Waals surface area contributed by atoms with Gasteiger partial charge in [0.1, 0.15) is 6.04 Å². The van der Waals surface area contributed by atoms with Gasteiger partial charge in [-0.3, -0.25) is 4.79 Å². The molecule has 1 aliphatic heterocycles. The van der Waals surface area contributed by atoms with E-state index in [2.05, 4.69) is 21.2 Å². The summed E-state index contributed by atoms with van der Waals surface area (Å²) in [6, 6.07) is 5.88. The predicted octanol–water partition coefficient (Wildman–Crippen LogP) is 2.52. The van der Waals surface area contributed by atoms with Gasteiger partial charge in [-0.2, -0.15) is 4.31 Å². The van der Waals surface area contributed by atoms with Crippen molar-refractivity contribution in [3.8, 4) is 0 Å². The smallest absolute Gasteiger partial charge is 0.243 e. The minimum Gasteiger partial charge on any atom is -0.353 e. The van der Waals surface area contributed by atoms with Crippen molar-refractivity contribution in [2.45, 2.75) is 50.1 Å². The number of carbonyl (C=O) groups is 1. The van der Waals surface area contributed by atoms with E-state index in [0.29, 0.717) is 13.0 Å². The van der Waals surface area contributed by atoms with E-state index in [9.17, 15) is 13.2 Å². The molecule has 5 nitrogen and oxygen atoms in total. The minimum absolute atomic E-state index is 0.00772. The summed E-state index contributed by atoms with van der Waals surface area (Å²) >= 11 is 3.30. The van der Waals surface area contributed by atoms with Crippen LogP contribution < -0.4 is 5.32 Å². The van der Waals surface area contributed by atoms with Crippen LogP contribution in [0.2, 0.25) is 0 Å². The van der Waals surface area contributed by atoms with Gasteiger partial charge in [0.2, 0.25) is 15.9 Å². The number of carbonyl (C=O) groups excluding carboxylic acids is 1. The summed E-state index contributed by atoms with van der Waals surface area (Å²) in [6.07, 6.45) is 2.21. The van der Waals surface area contributed by atoms with Crippen LogP contribution in [0.3, 0.4) is 0 Å². The maximum Gasteiger partial charge on any atom is 0.243 e. The third-order valence-corrected chi connectivity index (χ3v) is 6.06. The molecule has 122 valence electrons. The molecule has 0 aromatic heterocycles. The Hall–Kier alpha value is -0.920. The van der Waals surface area contributed by atoms with Gasteiger partial charge in [0.25, 0.3) is 0 Å². The van der Waals surface area contributed by atoms with Crippen molar-refractivity contribution in [2.75, 3.05) is 6.54 Å². The molecule has 1 N–H and O–H groups in total. The summed E-state index contributed by atoms with van der Waals surface area (Å²) in [5.74, 6) is -0.213. The van der Waals surface area contributed by atoms with Gasteiger partial charge in [0.15, 0.2) is 0 Å². The van der Waals surface area contributed by atoms with Gasteiger partial charge in [-0.15, -0.1) is 0 Å². The quantitative estimate of drug-likeness (QED) is 0.861. The standard InChI is InChI=1S/C15H21BrN2O3S/c1-11(2)17-15(19)14-5-3-4-10-18(14)22(20,21)13-8-6-12(16)7-9-13/h6-9,11,14H,3-5,10H2,1-2H3,(H,17,19)/t14-/m1/s1. The summed E-state index contributed by atoms with van der Waals surface area (Å²) in [4.78, 5) is 12.5. The molecule has 1 fully saturated rings. The Labute approximate surface area is 140 Å². The normalized spacial score (nSPS) is 20.1. The minimum atomic E-state index is -3.66. The highest BCUT2D eigenvalue weighted by Crippen LogP contribution is 2.26. The van der Waals surface area contributed by atoms with Crippen LogP contribution in [0.15, 0.2) is 33.6 Å². The molecule has 1 aromatic carbocycles. The molecular weight excluding hydrogens is 368 g/mol. The zero-order chi connectivity index (χ0) is 16.3. The molecule has 22 heavy (non-hydrogen) atoms. The Kier molecular flexibility index (Phi) is 5.63. The Morgan fingerprint density at radius 1 is 1.27 bits per heavy atom. The first-order chi connectivity index (χ1) is 10.3. The number of nitrogens with one attached hydrogen (secondary N) is 1. The van der Waals surface area contributed by atoms with Gasteiger partial charge in [0.05, 0.1) is 4.90 Å². The first-order valence-electron chi connectivity index (χ1n) is 7.40. The van der Waals surface area contributed by atoms with Crippen molar-refractivity contribution in [1.82, 2.24) is 9.62 Å². The largest absolute Gasteiger partial charge is 0.353 e. The lowest BCUT2D eigenvalue weighted by Gasteiger charge is -2.34. The Bertz CT molecular complexity index is 629. The predicted molar refractivity (Wildman–Crippen MR) is 89.0 cm³/mol. The fourth-order valence-corrected chi connectivity index (χ4v) is 4.50. The second-order valence-electron chi connectivity index (χ2n) is 5.74. The number of halogens is 1. The first kappa shape index (κ1) is 17.4. The van der Waals surface area contributed by atoms with Crippen LogP contribution >= 0.6 is 15.9 Å². The van der Waals surface area contributed by atoms with E-state index < -0.39 is 16.1 Å². The van der Waals surface area contributed by atoms with Crippen LogP contribution in [0, 0.1) is 0 Å². The molecule has 0 aliphatic carbocycles. The van der Waals surface area contributed by atoms with Crippen molar-refractivity contribution in [1.29, 1.82) is 0 Å². The van der Waals surface area contributed by atoms with E-state index in [-0.39, 0.29) is 16.8 Å². The number of nitrogens with zero attached hydrogens (tertiary/aromatic N) is 1. The molecule has 1 amide bonds. The lowest BCUT2D eigenvalue weighted by molar-refractivity contribution is -0.126. The molecule has 1 atom stereocenters. The van der Waals surface area contributed by atoms with Gasteiger partial charge in [0, 0.05) is 17.1 Å². The Balaban J connectivity index is 2.29. The van der Waals surface area contributed by atoms with Crippen molar-refractivity contribution in [3.05, 3.63) is 28.7 Å². The Morgan fingerprint density at radius 2 is 1.91 bits per heavy atom. The molecule has 1 saturated heterocycles. The monoisotopic (exact) mass is 388 g/mol. The molecule has 0 unspecified atom stereocenters. The third kappa shape index (κ3) is 3.88. The number of hydrogen-bond acceptors (Lipinski definition) is 3. The molecule has 7 heteroatoms. The van der Waals surface area contributed by atoms with Crippen molar-refractivity contribution in [3.63, 3.8) is 0 Å². The van der Waals surface area contributed by atoms with Crippen LogP contribution in [-0.2, 0) is 14.8 Å². The average molecular weight is 389 g/mol. The lowest BCUT2D eigenvalue weighted by Crippen LogP contribution is -2.52. The average Bonchev–Trinajstić information content (AvgIpc) is 2.47. The number of piperidine rings is 1. The molecule has 0 spiro atoms. The molecule has 1 aromatic rings. The summed E-state index contributed by atoms with van der Waals surface area (Å²) in [7, 11) is -3.66.